The van der Waals surface area contributed by atoms with Crippen molar-refractivity contribution in [3.8, 4) is 41.0 Å². The number of nitrogens with zero attached hydrogens (tertiary/aromatic N) is 5. The molecule has 0 atom stereocenters. The van der Waals surface area contributed by atoms with Crippen molar-refractivity contribution in [1.29, 1.82) is 0 Å². The molecule has 41 heavy (non-hydrogen) atoms. The van der Waals surface area contributed by atoms with Crippen LogP contribution in [0, 0.1) is 18.8 Å². The summed E-state index contributed by atoms with van der Waals surface area (Å²) in [7, 11) is -2.67. The van der Waals surface area contributed by atoms with Gasteiger partial charge in [0.1, 0.15) is 5.82 Å². The highest BCUT2D eigenvalue weighted by Crippen LogP contribution is 2.40. The van der Waals surface area contributed by atoms with E-state index in [0.29, 0.717) is 5.75 Å². The number of hydrogen-bond acceptors (Lipinski definition) is 11. The number of aromatic nitrogens is 5. The van der Waals surface area contributed by atoms with Gasteiger partial charge in [-0.25, -0.2) is 19.9 Å². The van der Waals surface area contributed by atoms with Gasteiger partial charge in [-0.15, -0.1) is 0 Å². The van der Waals surface area contributed by atoms with Crippen molar-refractivity contribution in [2.24, 2.45) is 0 Å². The van der Waals surface area contributed by atoms with E-state index in [4.69, 9.17) is 18.9 Å². The van der Waals surface area contributed by atoms with Crippen LogP contribution in [0.3, 0.4) is 0 Å². The van der Waals surface area contributed by atoms with Crippen LogP contribution in [0.1, 0.15) is 31.2 Å². The highest BCUT2D eigenvalue weighted by atomic mass is 32.2. The van der Waals surface area contributed by atoms with E-state index in [2.05, 4.69) is 41.5 Å². The molecule has 0 aliphatic heterocycles. The minimum absolute atomic E-state index is 0.0361. The Kier molecular flexibility index (Phi) is 9.49. The van der Waals surface area contributed by atoms with Crippen molar-refractivity contribution in [2.45, 2.75) is 31.7 Å². The van der Waals surface area contributed by atoms with Gasteiger partial charge in [0.15, 0.2) is 35.6 Å². The number of benzene rings is 1. The predicted octanol–water partition coefficient (Wildman–Crippen LogP) is 4.16. The summed E-state index contributed by atoms with van der Waals surface area (Å²) in [6, 6.07) is 11.9. The topological polar surface area (TPSA) is 148 Å². The van der Waals surface area contributed by atoms with Crippen LogP contribution in [-0.4, -0.2) is 53.7 Å². The van der Waals surface area contributed by atoms with Crippen LogP contribution >= 0.6 is 0 Å². The van der Waals surface area contributed by atoms with Gasteiger partial charge in [-0.05, 0) is 42.7 Å². The molecule has 1 N–H and O–H groups in total. The number of pyridine rings is 1. The maximum Gasteiger partial charge on any atom is 0.317 e. The Morgan fingerprint density at radius 1 is 0.902 bits per heavy atom. The zero-order chi connectivity index (χ0) is 29.2. The molecule has 4 rings (SSSR count). The molecule has 0 unspecified atom stereocenters. The molecule has 0 aliphatic rings. The number of nitrogens with one attached hydrogen (secondary N) is 1. The number of sulfonamides is 1. The zero-order valence-corrected chi connectivity index (χ0v) is 23.7. The molecule has 3 aromatic heterocycles. The molecule has 0 saturated carbocycles. The third-order valence-electron chi connectivity index (χ3n) is 5.38. The minimum Gasteiger partial charge on any atom is -0.493 e. The van der Waals surface area contributed by atoms with E-state index in [1.165, 1.54) is 19.4 Å². The summed E-state index contributed by atoms with van der Waals surface area (Å²) in [5.41, 5.74) is 0.903. The summed E-state index contributed by atoms with van der Waals surface area (Å²) in [4.78, 5) is 20.6. The fourth-order valence-corrected chi connectivity index (χ4v) is 4.28. The molecule has 0 saturated heterocycles. The summed E-state index contributed by atoms with van der Waals surface area (Å²) >= 11 is 0. The van der Waals surface area contributed by atoms with Gasteiger partial charge in [-0.2, -0.15) is 13.4 Å². The van der Waals surface area contributed by atoms with Gasteiger partial charge in [0.05, 0.1) is 7.11 Å². The second-order valence-corrected chi connectivity index (χ2v) is 10.3. The van der Waals surface area contributed by atoms with Crippen LogP contribution in [0.15, 0.2) is 66.1 Å². The first kappa shape index (κ1) is 29.0. The Bertz CT molecular complexity index is 1640. The van der Waals surface area contributed by atoms with Gasteiger partial charge >= 0.3 is 6.01 Å². The lowest BCUT2D eigenvalue weighted by atomic mass is 10.1. The van der Waals surface area contributed by atoms with Gasteiger partial charge in [0, 0.05) is 18.6 Å². The van der Waals surface area contributed by atoms with E-state index in [-0.39, 0.29) is 59.2 Å². The van der Waals surface area contributed by atoms with E-state index < -0.39 is 10.0 Å². The van der Waals surface area contributed by atoms with Crippen molar-refractivity contribution in [1.82, 2.24) is 24.9 Å². The molecule has 12 nitrogen and oxygen atoms in total. The highest BCUT2D eigenvalue weighted by Gasteiger charge is 2.25. The first-order chi connectivity index (χ1) is 19.8. The first-order valence-corrected chi connectivity index (χ1v) is 13.9. The number of para-hydroxylation sites is 2. The van der Waals surface area contributed by atoms with Gasteiger partial charge in [0.2, 0.25) is 5.75 Å². The molecule has 212 valence electrons. The van der Waals surface area contributed by atoms with Gasteiger partial charge in [-0.3, -0.25) is 4.72 Å². The summed E-state index contributed by atoms with van der Waals surface area (Å²) in [5, 5.41) is -0.183. The van der Waals surface area contributed by atoms with Crippen LogP contribution in [-0.2, 0) is 10.0 Å². The van der Waals surface area contributed by atoms with E-state index in [9.17, 15) is 8.42 Å². The van der Waals surface area contributed by atoms with E-state index in [1.54, 1.807) is 55.7 Å². The smallest absolute Gasteiger partial charge is 0.317 e. The second kappa shape index (κ2) is 13.4. The largest absolute Gasteiger partial charge is 0.493 e. The monoisotopic (exact) mass is 576 g/mol. The standard InChI is InChI=1S/C28H28N6O6S/c1-19(2)21-12-13-24(31-18-21)41(35,36)34-26-25(40-23-11-6-5-10-22(23)37-4)27(33-20(3)32-26)38-16-7-8-17-39-28-29-14-9-15-30-28/h5-6,9-15,18-19H,16-17H2,1-4H3,(H,32,33,34). The Morgan fingerprint density at radius 2 is 1.61 bits per heavy atom. The fourth-order valence-electron chi connectivity index (χ4n) is 3.35. The van der Waals surface area contributed by atoms with Crippen LogP contribution in [0.4, 0.5) is 5.82 Å². The number of rotatable bonds is 11. The van der Waals surface area contributed by atoms with E-state index in [1.807, 2.05) is 13.8 Å². The second-order valence-electron chi connectivity index (χ2n) is 8.66. The molecule has 0 fully saturated rings. The molecule has 1 aromatic carbocycles. The quantitative estimate of drug-likeness (QED) is 0.257. The van der Waals surface area contributed by atoms with Crippen molar-refractivity contribution < 1.29 is 27.4 Å². The average molecular weight is 577 g/mol. The number of hydrogen-bond donors (Lipinski definition) is 1. The normalized spacial score (nSPS) is 10.9. The molecule has 0 aliphatic carbocycles. The van der Waals surface area contributed by atoms with Crippen LogP contribution < -0.4 is 23.7 Å². The summed E-state index contributed by atoms with van der Waals surface area (Å²) < 4.78 is 51.6. The molecule has 4 aromatic rings. The maximum absolute atomic E-state index is 13.3. The first-order valence-electron chi connectivity index (χ1n) is 12.4. The molecule has 0 radical (unpaired) electrons. The van der Waals surface area contributed by atoms with Gasteiger partial charge in [-0.1, -0.05) is 43.9 Å². The van der Waals surface area contributed by atoms with Crippen molar-refractivity contribution in [2.75, 3.05) is 25.0 Å². The highest BCUT2D eigenvalue weighted by molar-refractivity contribution is 7.92. The molecular formula is C28H28N6O6S. The fraction of sp³-hybridized carbons (Fsp3) is 0.250. The zero-order valence-electron chi connectivity index (χ0n) is 22.9. The Labute approximate surface area is 238 Å². The van der Waals surface area contributed by atoms with Crippen molar-refractivity contribution >= 4 is 15.8 Å². The van der Waals surface area contributed by atoms with Crippen molar-refractivity contribution in [3.05, 3.63) is 72.4 Å². The molecular weight excluding hydrogens is 548 g/mol. The molecule has 13 heteroatoms. The third-order valence-corrected chi connectivity index (χ3v) is 6.64. The third kappa shape index (κ3) is 7.80. The Morgan fingerprint density at radius 3 is 2.27 bits per heavy atom. The number of anilines is 1. The molecule has 0 spiro atoms. The summed E-state index contributed by atoms with van der Waals surface area (Å²) in [6.07, 6.45) is 4.64. The van der Waals surface area contributed by atoms with Crippen LogP contribution in [0.25, 0.3) is 0 Å². The molecule has 0 bridgehead atoms. The SMILES string of the molecule is COc1ccccc1Oc1c(NS(=O)(=O)c2ccc(C(C)C)cn2)nc(C)nc1OCC#CCOc1ncccn1. The maximum atomic E-state index is 13.3. The number of aryl methyl sites for hydroxylation is 1. The van der Waals surface area contributed by atoms with Crippen molar-refractivity contribution in [3.63, 3.8) is 0 Å². The summed E-state index contributed by atoms with van der Waals surface area (Å²) in [5.74, 6) is 6.43. The molecule has 3 heterocycles. The van der Waals surface area contributed by atoms with E-state index in [0.717, 1.165) is 5.56 Å². The van der Waals surface area contributed by atoms with E-state index >= 15 is 0 Å². The lowest BCUT2D eigenvalue weighted by Gasteiger charge is -2.17. The Hall–Kier alpha value is -4.96. The average Bonchev–Trinajstić information content (AvgIpc) is 2.97. The lowest BCUT2D eigenvalue weighted by Crippen LogP contribution is -2.17. The number of methoxy groups -OCH3 is 1. The molecule has 0 amide bonds. The summed E-state index contributed by atoms with van der Waals surface area (Å²) in [6.45, 7) is 5.50. The lowest BCUT2D eigenvalue weighted by molar-refractivity contribution is 0.321. The Balaban J connectivity index is 1.62. The minimum atomic E-state index is -4.15. The predicted molar refractivity (Wildman–Crippen MR) is 150 cm³/mol. The van der Waals surface area contributed by atoms with Crippen LogP contribution in [0.2, 0.25) is 0 Å². The van der Waals surface area contributed by atoms with Gasteiger partial charge in [0.25, 0.3) is 15.9 Å². The van der Waals surface area contributed by atoms with Gasteiger partial charge < -0.3 is 18.9 Å². The number of ether oxygens (including phenoxy) is 4. The van der Waals surface area contributed by atoms with Crippen LogP contribution in [0.5, 0.6) is 29.1 Å².